The summed E-state index contributed by atoms with van der Waals surface area (Å²) in [6, 6.07) is 11.9. The second-order valence-corrected chi connectivity index (χ2v) is 21.6. The van der Waals surface area contributed by atoms with Crippen molar-refractivity contribution < 1.29 is 55.8 Å². The zero-order chi connectivity index (χ0) is 46.8. The number of thiophene rings is 1. The number of hydrogen-bond acceptors (Lipinski definition) is 12. The molecule has 0 unspecified atom stereocenters. The molecule has 6 rings (SSSR count). The van der Waals surface area contributed by atoms with Crippen molar-refractivity contribution in [1.29, 1.82) is 0 Å². The number of halogens is 2. The molecule has 0 spiro atoms. The summed E-state index contributed by atoms with van der Waals surface area (Å²) in [6.07, 6.45) is 1.71. The number of likely N-dealkylation sites (N-methyl/N-ethyl adjacent to an activating group) is 1. The Hall–Kier alpha value is -4.79. The average Bonchev–Trinajstić information content (AvgIpc) is 4.00. The summed E-state index contributed by atoms with van der Waals surface area (Å²) in [5.41, 5.74) is -6.29. The van der Waals surface area contributed by atoms with Crippen molar-refractivity contribution >= 4 is 58.7 Å². The van der Waals surface area contributed by atoms with Gasteiger partial charge in [0.2, 0.25) is 31.4 Å². The van der Waals surface area contributed by atoms with Gasteiger partial charge in [-0.2, -0.15) is 8.78 Å². The number of fused-ring (bicyclic) bond motifs is 2. The molecular weight excluding hydrogens is 872 g/mol. The number of hydrogen-bond donors (Lipinski definition) is 1. The van der Waals surface area contributed by atoms with E-state index < -0.39 is 85.1 Å². The fourth-order valence-corrected chi connectivity index (χ4v) is 10.3. The van der Waals surface area contributed by atoms with Crippen LogP contribution in [0.5, 0.6) is 0 Å². The highest BCUT2D eigenvalue weighted by Gasteiger charge is 2.56. The Bertz CT molecular complexity index is 2290. The summed E-state index contributed by atoms with van der Waals surface area (Å²) in [7, 11) is -5.60. The number of ether oxygens (including phenoxy) is 2. The first kappa shape index (κ1) is 48.7. The number of alkyl halides is 2. The smallest absolute Gasteiger partial charge is 0.410 e. The van der Waals surface area contributed by atoms with Crippen molar-refractivity contribution in [3.05, 3.63) is 82.0 Å². The van der Waals surface area contributed by atoms with Gasteiger partial charge in [0.1, 0.15) is 12.1 Å². The minimum atomic E-state index is -5.60. The molecular formula is C45H56F2N5O10PS. The SMILES string of the molecule is [C-]#[N+][C@H]1CN(C(=O)[C@@H]2CC[C@@H]3CCN(CC)C[C@H](NC(=O)c4cc5cc(C(F)(F)P(=O)(OCOC(=O)C(C)(C)C)OCOC(=O)C(C)(C)C)ccc5s4)C(=O)N32)C[C@@H]1c1ccccc1. The Morgan fingerprint density at radius 1 is 0.891 bits per heavy atom. The average molecular weight is 928 g/mol. The first-order valence-corrected chi connectivity index (χ1v) is 23.6. The van der Waals surface area contributed by atoms with E-state index >= 15 is 8.78 Å². The van der Waals surface area contributed by atoms with Crippen molar-refractivity contribution in [2.75, 3.05) is 46.3 Å². The third kappa shape index (κ3) is 10.5. The van der Waals surface area contributed by atoms with Gasteiger partial charge in [-0.1, -0.05) is 43.3 Å². The third-order valence-corrected chi connectivity index (χ3v) is 14.7. The molecule has 19 heteroatoms. The molecule has 3 amide bonds. The van der Waals surface area contributed by atoms with Crippen LogP contribution in [0.4, 0.5) is 8.78 Å². The molecule has 3 saturated heterocycles. The molecule has 1 N–H and O–H groups in total. The van der Waals surface area contributed by atoms with Crippen LogP contribution >= 0.6 is 18.9 Å². The van der Waals surface area contributed by atoms with Crippen LogP contribution in [0, 0.1) is 17.4 Å². The number of esters is 2. The summed E-state index contributed by atoms with van der Waals surface area (Å²) in [6.45, 7) is 18.7. The van der Waals surface area contributed by atoms with Crippen molar-refractivity contribution in [3.63, 3.8) is 0 Å². The number of likely N-dealkylation sites (tertiary alicyclic amines) is 1. The highest BCUT2D eigenvalue weighted by molar-refractivity contribution is 7.54. The second kappa shape index (κ2) is 19.4. The lowest BCUT2D eigenvalue weighted by atomic mass is 9.95. The predicted molar refractivity (Wildman–Crippen MR) is 234 cm³/mol. The van der Waals surface area contributed by atoms with Gasteiger partial charge in [0.15, 0.2) is 0 Å². The van der Waals surface area contributed by atoms with E-state index in [-0.39, 0.29) is 41.2 Å². The molecule has 0 aliphatic carbocycles. The second-order valence-electron chi connectivity index (χ2n) is 18.4. The number of rotatable bonds is 13. The number of benzene rings is 2. The molecule has 0 saturated carbocycles. The molecule has 3 aliphatic heterocycles. The standard InChI is InChI=1S/C45H56F2N5O10PS/c1-9-50-20-19-31-16-17-35(40(55)51-23-32(33(25-51)48-8)28-13-11-10-12-14-28)52(31)39(54)34(24-50)49-38(53)37-22-29-21-30(15-18-36(29)64-37)45(46,47)63(58,61-26-59-41(56)43(2,3)4)62-27-60-42(57)44(5,6)7/h10-15,18,21-22,31-35H,9,16-17,19-20,23-27H2,1-7H3,(H,49,53)/t31-,32-,33+,34+,35+/m1/s1. The van der Waals surface area contributed by atoms with Gasteiger partial charge in [0, 0.05) is 35.9 Å². The predicted octanol–water partition coefficient (Wildman–Crippen LogP) is 7.37. The Labute approximate surface area is 376 Å². The highest BCUT2D eigenvalue weighted by atomic mass is 32.1. The number of nitrogens with one attached hydrogen (secondary N) is 1. The molecule has 3 aromatic rings. The third-order valence-electron chi connectivity index (χ3n) is 11.8. The van der Waals surface area contributed by atoms with Gasteiger partial charge in [-0.25, -0.2) is 6.57 Å². The minimum absolute atomic E-state index is 0.104. The Kier molecular flexibility index (Phi) is 14.7. The summed E-state index contributed by atoms with van der Waals surface area (Å²) < 4.78 is 67.0. The topological polar surface area (TPSA) is 165 Å². The van der Waals surface area contributed by atoms with Gasteiger partial charge in [-0.15, -0.1) is 11.3 Å². The van der Waals surface area contributed by atoms with E-state index in [0.29, 0.717) is 43.6 Å². The van der Waals surface area contributed by atoms with E-state index in [1.807, 2.05) is 37.3 Å². The molecule has 4 heterocycles. The zero-order valence-corrected chi connectivity index (χ0v) is 38.8. The van der Waals surface area contributed by atoms with Crippen molar-refractivity contribution in [2.45, 2.75) is 103 Å². The fourth-order valence-electron chi connectivity index (χ4n) is 8.07. The summed E-state index contributed by atoms with van der Waals surface area (Å²) in [4.78, 5) is 76.8. The van der Waals surface area contributed by atoms with E-state index in [1.165, 1.54) is 53.7 Å². The summed E-state index contributed by atoms with van der Waals surface area (Å²) >= 11 is 0.992. The van der Waals surface area contributed by atoms with Gasteiger partial charge in [0.25, 0.3) is 5.91 Å². The number of nitrogens with zero attached hydrogens (tertiary/aromatic N) is 4. The van der Waals surface area contributed by atoms with Crippen LogP contribution in [-0.2, 0) is 47.9 Å². The molecule has 1 aromatic heterocycles. The van der Waals surface area contributed by atoms with Crippen molar-refractivity contribution in [3.8, 4) is 0 Å². The summed E-state index contributed by atoms with van der Waals surface area (Å²) in [5.74, 6) is -3.04. The van der Waals surface area contributed by atoms with Crippen LogP contribution in [-0.4, -0.2) is 115 Å². The first-order chi connectivity index (χ1) is 30.1. The molecule has 2 aromatic carbocycles. The van der Waals surface area contributed by atoms with E-state index in [1.54, 1.807) is 9.80 Å². The van der Waals surface area contributed by atoms with Crippen molar-refractivity contribution in [1.82, 2.24) is 20.0 Å². The highest BCUT2D eigenvalue weighted by Crippen LogP contribution is 2.67. The van der Waals surface area contributed by atoms with Crippen LogP contribution in [0.15, 0.2) is 54.6 Å². The molecule has 0 radical (unpaired) electrons. The van der Waals surface area contributed by atoms with Crippen molar-refractivity contribution in [2.24, 2.45) is 10.8 Å². The van der Waals surface area contributed by atoms with Crippen LogP contribution in [0.1, 0.15) is 94.4 Å². The maximum Gasteiger partial charge on any atom is 0.410 e. The van der Waals surface area contributed by atoms with Gasteiger partial charge in [-0.3, -0.25) is 37.6 Å². The maximum atomic E-state index is 16.4. The van der Waals surface area contributed by atoms with Gasteiger partial charge < -0.3 is 34.3 Å². The van der Waals surface area contributed by atoms with E-state index in [9.17, 15) is 28.5 Å². The first-order valence-electron chi connectivity index (χ1n) is 21.3. The lowest BCUT2D eigenvalue weighted by molar-refractivity contribution is -0.163. The van der Waals surface area contributed by atoms with Crippen LogP contribution in [0.2, 0.25) is 0 Å². The molecule has 3 fully saturated rings. The van der Waals surface area contributed by atoms with Gasteiger partial charge >= 0.3 is 25.2 Å². The monoisotopic (exact) mass is 927 g/mol. The zero-order valence-electron chi connectivity index (χ0n) is 37.1. The van der Waals surface area contributed by atoms with Crippen LogP contribution in [0.25, 0.3) is 14.9 Å². The Balaban J connectivity index is 1.21. The molecule has 346 valence electrons. The largest absolute Gasteiger partial charge is 0.438 e. The van der Waals surface area contributed by atoms with Gasteiger partial charge in [0.05, 0.1) is 28.2 Å². The van der Waals surface area contributed by atoms with E-state index in [0.717, 1.165) is 29.0 Å². The maximum absolute atomic E-state index is 16.4. The molecule has 15 nitrogen and oxygen atoms in total. The quantitative estimate of drug-likeness (QED) is 0.0788. The van der Waals surface area contributed by atoms with E-state index in [4.69, 9.17) is 25.1 Å². The molecule has 0 bridgehead atoms. The number of carbonyl (C=O) groups is 5. The van der Waals surface area contributed by atoms with E-state index in [2.05, 4.69) is 15.1 Å². The molecule has 64 heavy (non-hydrogen) atoms. The lowest BCUT2D eigenvalue weighted by Gasteiger charge is -2.39. The normalized spacial score (nSPS) is 22.4. The molecule has 5 atom stereocenters. The van der Waals surface area contributed by atoms with Crippen LogP contribution in [0.3, 0.4) is 0 Å². The number of carbonyl (C=O) groups excluding carboxylic acids is 5. The lowest BCUT2D eigenvalue weighted by Crippen LogP contribution is -2.60. The van der Waals surface area contributed by atoms with Crippen LogP contribution < -0.4 is 5.32 Å². The fraction of sp³-hybridized carbons (Fsp3) is 0.556. The number of amides is 3. The van der Waals surface area contributed by atoms with Gasteiger partial charge in [-0.05, 0) is 96.5 Å². The molecule has 3 aliphatic rings. The summed E-state index contributed by atoms with van der Waals surface area (Å²) in [5, 5.41) is 3.06. The Morgan fingerprint density at radius 3 is 2.12 bits per heavy atom. The Morgan fingerprint density at radius 2 is 1.53 bits per heavy atom. The minimum Gasteiger partial charge on any atom is -0.438 e.